The van der Waals surface area contributed by atoms with Crippen LogP contribution in [0, 0.1) is 0 Å². The number of unbranched alkanes of at least 4 members (excludes halogenated alkanes) is 20. The second-order valence-corrected chi connectivity index (χ2v) is 15.8. The van der Waals surface area contributed by atoms with Crippen LogP contribution in [-0.4, -0.2) is 70.0 Å². The highest BCUT2D eigenvalue weighted by molar-refractivity contribution is 7.45. The molecule has 0 aliphatic heterocycles. The van der Waals surface area contributed by atoms with Crippen LogP contribution >= 0.6 is 7.82 Å². The molecule has 0 rings (SSSR count). The van der Waals surface area contributed by atoms with Gasteiger partial charge >= 0.3 is 11.9 Å². The van der Waals surface area contributed by atoms with E-state index in [1.807, 2.05) is 33.3 Å². The molecule has 0 N–H and O–H groups in total. The Morgan fingerprint density at radius 2 is 1.16 bits per heavy atom. The summed E-state index contributed by atoms with van der Waals surface area (Å²) in [5, 5.41) is 0. The van der Waals surface area contributed by atoms with Crippen LogP contribution in [0.5, 0.6) is 0 Å². The molecule has 0 aromatic heterocycles. The zero-order chi connectivity index (χ0) is 36.5. The minimum Gasteiger partial charge on any atom is -0.756 e. The van der Waals surface area contributed by atoms with E-state index in [1.165, 1.54) is 115 Å². The Balaban J connectivity index is 4.53. The van der Waals surface area contributed by atoms with E-state index in [-0.39, 0.29) is 19.6 Å². The van der Waals surface area contributed by atoms with Crippen molar-refractivity contribution in [2.45, 2.75) is 168 Å². The molecule has 0 radical (unpaired) electrons. The van der Waals surface area contributed by atoms with E-state index in [9.17, 15) is 19.0 Å². The van der Waals surface area contributed by atoms with Gasteiger partial charge in [-0.3, -0.25) is 9.36 Å². The minimum absolute atomic E-state index is 0.0448. The average molecular weight is 716 g/mol. The quantitative estimate of drug-likeness (QED) is 0.0159. The van der Waals surface area contributed by atoms with Gasteiger partial charge in [0, 0.05) is 12.5 Å². The Bertz CT molecular complexity index is 902. The summed E-state index contributed by atoms with van der Waals surface area (Å²) in [6.07, 6.45) is 32.7. The fraction of sp³-hybridized carbons (Fsp3) is 0.846. The summed E-state index contributed by atoms with van der Waals surface area (Å²) >= 11 is 0. The normalized spacial score (nSPS) is 14.0. The molecule has 0 fully saturated rings. The predicted octanol–water partition coefficient (Wildman–Crippen LogP) is 9.77. The Morgan fingerprint density at radius 1 is 0.673 bits per heavy atom. The molecule has 0 aliphatic carbocycles. The van der Waals surface area contributed by atoms with E-state index < -0.39 is 32.5 Å². The number of nitrogens with zero attached hydrogens (tertiary/aromatic N) is 1. The van der Waals surface area contributed by atoms with Crippen molar-refractivity contribution in [1.82, 2.24) is 0 Å². The first-order valence-electron chi connectivity index (χ1n) is 19.6. The van der Waals surface area contributed by atoms with Crippen molar-refractivity contribution < 1.29 is 42.1 Å². The number of phosphoric ester groups is 1. The number of carbonyl (C=O) groups is 2. The van der Waals surface area contributed by atoms with Crippen molar-refractivity contribution in [2.24, 2.45) is 0 Å². The molecule has 0 heterocycles. The van der Waals surface area contributed by atoms with Crippen LogP contribution in [0.3, 0.4) is 0 Å². The van der Waals surface area contributed by atoms with Gasteiger partial charge in [-0.15, -0.1) is 0 Å². The molecule has 0 saturated carbocycles. The Kier molecular flexibility index (Phi) is 31.4. The fourth-order valence-electron chi connectivity index (χ4n) is 5.21. The lowest BCUT2D eigenvalue weighted by Crippen LogP contribution is -2.37. The van der Waals surface area contributed by atoms with E-state index in [2.05, 4.69) is 13.8 Å². The predicted molar refractivity (Wildman–Crippen MR) is 199 cm³/mol. The molecule has 10 heteroatoms. The second-order valence-electron chi connectivity index (χ2n) is 14.4. The lowest BCUT2D eigenvalue weighted by molar-refractivity contribution is -0.870. The van der Waals surface area contributed by atoms with Crippen molar-refractivity contribution in [3.8, 4) is 0 Å². The van der Waals surface area contributed by atoms with Gasteiger partial charge in [-0.25, -0.2) is 4.79 Å². The van der Waals surface area contributed by atoms with Gasteiger partial charge in [0.1, 0.15) is 19.8 Å². The molecule has 0 bridgehead atoms. The first-order valence-corrected chi connectivity index (χ1v) is 21.0. The summed E-state index contributed by atoms with van der Waals surface area (Å²) in [6.45, 7) is 4.07. The Hall–Kier alpha value is -1.51. The third-order valence-corrected chi connectivity index (χ3v) is 9.30. The van der Waals surface area contributed by atoms with Gasteiger partial charge < -0.3 is 27.9 Å². The van der Waals surface area contributed by atoms with Crippen LogP contribution in [-0.2, 0) is 32.7 Å². The van der Waals surface area contributed by atoms with Crippen LogP contribution < -0.4 is 4.89 Å². The van der Waals surface area contributed by atoms with Gasteiger partial charge in [0.25, 0.3) is 7.82 Å². The third kappa shape index (κ3) is 36.1. The van der Waals surface area contributed by atoms with Crippen molar-refractivity contribution >= 4 is 19.8 Å². The second kappa shape index (κ2) is 32.4. The van der Waals surface area contributed by atoms with Gasteiger partial charge in [-0.05, 0) is 19.3 Å². The Labute approximate surface area is 300 Å². The van der Waals surface area contributed by atoms with E-state index in [4.69, 9.17) is 18.5 Å². The number of likely N-dealkylation sites (N-methyl/N-ethyl adjacent to an activating group) is 1. The number of quaternary nitrogens is 1. The lowest BCUT2D eigenvalue weighted by Gasteiger charge is -2.28. The van der Waals surface area contributed by atoms with E-state index in [1.54, 1.807) is 6.08 Å². The molecule has 0 spiro atoms. The zero-order valence-electron chi connectivity index (χ0n) is 32.1. The molecule has 288 valence electrons. The maximum atomic E-state index is 12.5. The number of hydrogen-bond acceptors (Lipinski definition) is 8. The molecule has 1 unspecified atom stereocenters. The smallest absolute Gasteiger partial charge is 0.331 e. The molecular weight excluding hydrogens is 641 g/mol. The molecular formula is C39H74NO8P. The number of rotatable bonds is 35. The van der Waals surface area contributed by atoms with Gasteiger partial charge in [-0.2, -0.15) is 0 Å². The summed E-state index contributed by atoms with van der Waals surface area (Å²) in [6, 6.07) is 0. The highest BCUT2D eigenvalue weighted by Gasteiger charge is 2.21. The maximum Gasteiger partial charge on any atom is 0.331 e. The van der Waals surface area contributed by atoms with Crippen molar-refractivity contribution in [3.63, 3.8) is 0 Å². The SMILES string of the molecule is CCCCCCCCCCCCC/C=C/C=C/C(=O)O[C@H](COC(=O)CCCCCCCCCCCC)COP(=O)([O-])OCC[N+](C)(C)C. The van der Waals surface area contributed by atoms with Crippen LogP contribution in [0.4, 0.5) is 0 Å². The lowest BCUT2D eigenvalue weighted by atomic mass is 10.1. The minimum atomic E-state index is -4.64. The number of hydrogen-bond donors (Lipinski definition) is 0. The van der Waals surface area contributed by atoms with Gasteiger partial charge in [0.2, 0.25) is 0 Å². The first-order chi connectivity index (χ1) is 23.5. The Morgan fingerprint density at radius 3 is 1.67 bits per heavy atom. The van der Waals surface area contributed by atoms with Crippen molar-refractivity contribution in [2.75, 3.05) is 47.5 Å². The fourth-order valence-corrected chi connectivity index (χ4v) is 5.94. The summed E-state index contributed by atoms with van der Waals surface area (Å²) in [7, 11) is 1.11. The first kappa shape index (κ1) is 47.5. The largest absolute Gasteiger partial charge is 0.756 e. The molecule has 0 aromatic carbocycles. The monoisotopic (exact) mass is 716 g/mol. The molecule has 0 aliphatic rings. The summed E-state index contributed by atoms with van der Waals surface area (Å²) in [5.74, 6) is -1.09. The van der Waals surface area contributed by atoms with Gasteiger partial charge in [0.05, 0.1) is 27.7 Å². The highest BCUT2D eigenvalue weighted by Crippen LogP contribution is 2.38. The number of phosphoric acid groups is 1. The molecule has 0 amide bonds. The van der Waals surface area contributed by atoms with E-state index >= 15 is 0 Å². The maximum absolute atomic E-state index is 12.5. The molecule has 49 heavy (non-hydrogen) atoms. The van der Waals surface area contributed by atoms with E-state index in [0.29, 0.717) is 11.0 Å². The van der Waals surface area contributed by atoms with Crippen LogP contribution in [0.2, 0.25) is 0 Å². The summed E-state index contributed by atoms with van der Waals surface area (Å²) in [5.41, 5.74) is 0. The third-order valence-electron chi connectivity index (χ3n) is 8.33. The standard InChI is InChI=1S/C39H74NO8P/c1-6-8-10-12-14-16-18-19-20-21-22-24-26-28-30-32-39(42)48-37(36-47-49(43,44)46-34-33-40(3,4)5)35-45-38(41)31-29-27-25-23-17-15-13-11-9-7-2/h26,28,30,32,37H,6-25,27,29,31,33-36H2,1-5H3/b28-26+,32-30+/t37-/m1/s1. The van der Waals surface area contributed by atoms with Crippen molar-refractivity contribution in [1.29, 1.82) is 0 Å². The summed E-state index contributed by atoms with van der Waals surface area (Å²) in [4.78, 5) is 37.1. The van der Waals surface area contributed by atoms with Crippen LogP contribution in [0.25, 0.3) is 0 Å². The average Bonchev–Trinajstić information content (AvgIpc) is 3.04. The number of ether oxygens (including phenoxy) is 2. The number of carbonyl (C=O) groups excluding carboxylic acids is 2. The number of esters is 2. The molecule has 0 saturated heterocycles. The van der Waals surface area contributed by atoms with Crippen LogP contribution in [0.15, 0.2) is 24.3 Å². The highest BCUT2D eigenvalue weighted by atomic mass is 31.2. The van der Waals surface area contributed by atoms with Crippen molar-refractivity contribution in [3.05, 3.63) is 24.3 Å². The zero-order valence-corrected chi connectivity index (χ0v) is 33.0. The van der Waals surface area contributed by atoms with Crippen LogP contribution in [0.1, 0.15) is 162 Å². The number of allylic oxidation sites excluding steroid dienone is 3. The van der Waals surface area contributed by atoms with Gasteiger partial charge in [-0.1, -0.05) is 154 Å². The molecule has 0 aromatic rings. The summed E-state index contributed by atoms with van der Waals surface area (Å²) < 4.78 is 33.5. The topological polar surface area (TPSA) is 111 Å². The molecule has 9 nitrogen and oxygen atoms in total. The van der Waals surface area contributed by atoms with E-state index in [0.717, 1.165) is 32.1 Å². The molecule has 2 atom stereocenters. The van der Waals surface area contributed by atoms with Gasteiger partial charge in [0.15, 0.2) is 6.10 Å².